The molecule has 1 aliphatic heterocycles. The molecule has 0 saturated carbocycles. The van der Waals surface area contributed by atoms with E-state index < -0.39 is 24.0 Å². The maximum absolute atomic E-state index is 12.5. The maximum Gasteiger partial charge on any atom is 0.471 e. The van der Waals surface area contributed by atoms with Crippen molar-refractivity contribution < 1.29 is 22.8 Å². The molecule has 126 valence electrons. The SMILES string of the molecule is NCc1cccc(CNC(=O)C2CCCN2C(=O)C(F)(F)F)c1. The summed E-state index contributed by atoms with van der Waals surface area (Å²) in [5.41, 5.74) is 7.22. The number of nitrogens with two attached hydrogens (primary N) is 1. The molecule has 8 heteroatoms. The highest BCUT2D eigenvalue weighted by Gasteiger charge is 2.47. The summed E-state index contributed by atoms with van der Waals surface area (Å²) in [6.45, 7) is 0.481. The molecule has 1 saturated heterocycles. The van der Waals surface area contributed by atoms with Gasteiger partial charge < -0.3 is 16.0 Å². The topological polar surface area (TPSA) is 75.4 Å². The second-order valence-electron chi connectivity index (χ2n) is 5.40. The van der Waals surface area contributed by atoms with Gasteiger partial charge in [0.25, 0.3) is 0 Å². The monoisotopic (exact) mass is 329 g/mol. The summed E-state index contributed by atoms with van der Waals surface area (Å²) in [5.74, 6) is -2.53. The summed E-state index contributed by atoms with van der Waals surface area (Å²) in [5, 5.41) is 2.59. The fraction of sp³-hybridized carbons (Fsp3) is 0.467. The van der Waals surface area contributed by atoms with Crippen LogP contribution in [0.25, 0.3) is 0 Å². The van der Waals surface area contributed by atoms with E-state index >= 15 is 0 Å². The Morgan fingerprint density at radius 3 is 2.65 bits per heavy atom. The highest BCUT2D eigenvalue weighted by Crippen LogP contribution is 2.25. The van der Waals surface area contributed by atoms with Crippen molar-refractivity contribution in [3.63, 3.8) is 0 Å². The lowest BCUT2D eigenvalue weighted by Crippen LogP contribution is -2.50. The number of hydrogen-bond acceptors (Lipinski definition) is 3. The molecule has 1 unspecified atom stereocenters. The minimum absolute atomic E-state index is 0.0565. The van der Waals surface area contributed by atoms with Gasteiger partial charge in [0.2, 0.25) is 5.91 Å². The molecule has 5 nitrogen and oxygen atoms in total. The minimum atomic E-state index is -4.96. The molecule has 2 rings (SSSR count). The van der Waals surface area contributed by atoms with E-state index in [1.165, 1.54) is 0 Å². The number of nitrogens with one attached hydrogen (secondary N) is 1. The van der Waals surface area contributed by atoms with Crippen molar-refractivity contribution in [2.75, 3.05) is 6.54 Å². The summed E-state index contributed by atoms with van der Waals surface area (Å²) < 4.78 is 37.6. The third-order valence-corrected chi connectivity index (χ3v) is 3.75. The molecule has 0 aromatic heterocycles. The van der Waals surface area contributed by atoms with Crippen LogP contribution in [0.1, 0.15) is 24.0 Å². The van der Waals surface area contributed by atoms with Gasteiger partial charge in [-0.1, -0.05) is 24.3 Å². The molecule has 1 aromatic rings. The second kappa shape index (κ2) is 6.99. The molecule has 0 radical (unpaired) electrons. The zero-order valence-corrected chi connectivity index (χ0v) is 12.4. The zero-order chi connectivity index (χ0) is 17.0. The van der Waals surface area contributed by atoms with Gasteiger partial charge in [0.15, 0.2) is 0 Å². The summed E-state index contributed by atoms with van der Waals surface area (Å²) >= 11 is 0. The molecule has 1 aromatic carbocycles. The number of amides is 2. The number of alkyl halides is 3. The van der Waals surface area contributed by atoms with Crippen LogP contribution in [0.3, 0.4) is 0 Å². The zero-order valence-electron chi connectivity index (χ0n) is 12.4. The van der Waals surface area contributed by atoms with Crippen LogP contribution in [0.15, 0.2) is 24.3 Å². The molecule has 1 fully saturated rings. The first-order chi connectivity index (χ1) is 10.8. The molecule has 1 aliphatic rings. The smallest absolute Gasteiger partial charge is 0.350 e. The Labute approximate surface area is 131 Å². The minimum Gasteiger partial charge on any atom is -0.350 e. The third kappa shape index (κ3) is 4.22. The summed E-state index contributed by atoms with van der Waals surface area (Å²) in [6.07, 6.45) is -4.35. The Hall–Kier alpha value is -2.09. The average Bonchev–Trinajstić information content (AvgIpc) is 3.00. The number of carbonyl (C=O) groups is 2. The normalized spacial score (nSPS) is 18.1. The average molecular weight is 329 g/mol. The number of nitrogens with zero attached hydrogens (tertiary/aromatic N) is 1. The maximum atomic E-state index is 12.5. The first-order valence-electron chi connectivity index (χ1n) is 7.26. The first-order valence-corrected chi connectivity index (χ1v) is 7.26. The predicted octanol–water partition coefficient (Wildman–Crippen LogP) is 1.31. The summed E-state index contributed by atoms with van der Waals surface area (Å²) in [7, 11) is 0. The van der Waals surface area contributed by atoms with Crippen molar-refractivity contribution in [2.24, 2.45) is 5.73 Å². The third-order valence-electron chi connectivity index (χ3n) is 3.75. The van der Waals surface area contributed by atoms with Gasteiger partial charge in [-0.25, -0.2) is 0 Å². The Kier molecular flexibility index (Phi) is 5.25. The van der Waals surface area contributed by atoms with Gasteiger partial charge in [0.1, 0.15) is 6.04 Å². The quantitative estimate of drug-likeness (QED) is 0.875. The Morgan fingerprint density at radius 2 is 2.00 bits per heavy atom. The molecule has 1 heterocycles. The Bertz CT molecular complexity index is 590. The van der Waals surface area contributed by atoms with Crippen molar-refractivity contribution in [3.05, 3.63) is 35.4 Å². The number of rotatable bonds is 4. The van der Waals surface area contributed by atoms with Crippen molar-refractivity contribution in [1.29, 1.82) is 0 Å². The van der Waals surface area contributed by atoms with E-state index in [9.17, 15) is 22.8 Å². The highest BCUT2D eigenvalue weighted by molar-refractivity contribution is 5.90. The molecule has 23 heavy (non-hydrogen) atoms. The largest absolute Gasteiger partial charge is 0.471 e. The van der Waals surface area contributed by atoms with E-state index in [0.717, 1.165) is 11.1 Å². The van der Waals surface area contributed by atoms with Crippen molar-refractivity contribution in [2.45, 2.75) is 38.1 Å². The highest BCUT2D eigenvalue weighted by atomic mass is 19.4. The van der Waals surface area contributed by atoms with E-state index in [1.807, 2.05) is 12.1 Å². The fourth-order valence-corrected chi connectivity index (χ4v) is 2.62. The van der Waals surface area contributed by atoms with Crippen molar-refractivity contribution >= 4 is 11.8 Å². The fourth-order valence-electron chi connectivity index (χ4n) is 2.62. The number of carbonyl (C=O) groups excluding carboxylic acids is 2. The Morgan fingerprint density at radius 1 is 1.30 bits per heavy atom. The molecular formula is C15H18F3N3O2. The van der Waals surface area contributed by atoms with Gasteiger partial charge in [-0.2, -0.15) is 13.2 Å². The number of benzene rings is 1. The molecular weight excluding hydrogens is 311 g/mol. The second-order valence-corrected chi connectivity index (χ2v) is 5.40. The lowest BCUT2D eigenvalue weighted by atomic mass is 10.1. The molecule has 3 N–H and O–H groups in total. The van der Waals surface area contributed by atoms with E-state index in [0.29, 0.717) is 17.9 Å². The number of likely N-dealkylation sites (tertiary alicyclic amines) is 1. The van der Waals surface area contributed by atoms with Crippen molar-refractivity contribution in [3.8, 4) is 0 Å². The van der Waals surface area contributed by atoms with Crippen LogP contribution in [0.4, 0.5) is 13.2 Å². The van der Waals surface area contributed by atoms with Gasteiger partial charge in [0, 0.05) is 19.6 Å². The van der Waals surface area contributed by atoms with Crippen LogP contribution >= 0.6 is 0 Å². The van der Waals surface area contributed by atoms with Gasteiger partial charge in [0.05, 0.1) is 0 Å². The van der Waals surface area contributed by atoms with Gasteiger partial charge in [-0.05, 0) is 24.0 Å². The lowest BCUT2D eigenvalue weighted by Gasteiger charge is -2.24. The summed E-state index contributed by atoms with van der Waals surface area (Å²) in [6, 6.07) is 6.16. The van der Waals surface area contributed by atoms with Crippen LogP contribution < -0.4 is 11.1 Å². The van der Waals surface area contributed by atoms with Gasteiger partial charge in [-0.3, -0.25) is 9.59 Å². The molecule has 2 amide bonds. The van der Waals surface area contributed by atoms with Crippen molar-refractivity contribution in [1.82, 2.24) is 10.2 Å². The van der Waals surface area contributed by atoms with Crippen LogP contribution in [-0.2, 0) is 22.7 Å². The van der Waals surface area contributed by atoms with Crippen LogP contribution in [0.5, 0.6) is 0 Å². The number of halogens is 3. The van der Waals surface area contributed by atoms with Gasteiger partial charge >= 0.3 is 12.1 Å². The number of hydrogen-bond donors (Lipinski definition) is 2. The van der Waals surface area contributed by atoms with E-state index in [1.54, 1.807) is 12.1 Å². The van der Waals surface area contributed by atoms with Gasteiger partial charge in [-0.15, -0.1) is 0 Å². The molecule has 0 aliphatic carbocycles. The summed E-state index contributed by atoms with van der Waals surface area (Å²) in [4.78, 5) is 24.1. The lowest BCUT2D eigenvalue weighted by molar-refractivity contribution is -0.186. The standard InChI is InChI=1S/C15H18F3N3O2/c16-15(17,18)14(23)21-6-2-5-12(21)13(22)20-9-11-4-1-3-10(7-11)8-19/h1,3-4,7,12H,2,5-6,8-9,19H2,(H,20,22). The Balaban J connectivity index is 1.98. The molecule has 0 bridgehead atoms. The molecule has 0 spiro atoms. The first kappa shape index (κ1) is 17.3. The molecule has 1 atom stereocenters. The van der Waals surface area contributed by atoms with E-state index in [4.69, 9.17) is 5.73 Å². The van der Waals surface area contributed by atoms with E-state index in [-0.39, 0.29) is 19.5 Å². The van der Waals surface area contributed by atoms with Crippen LogP contribution in [-0.4, -0.2) is 35.5 Å². The van der Waals surface area contributed by atoms with E-state index in [2.05, 4.69) is 5.32 Å². The van der Waals surface area contributed by atoms with Crippen LogP contribution in [0, 0.1) is 0 Å². The predicted molar refractivity (Wildman–Crippen MR) is 77.0 cm³/mol. The van der Waals surface area contributed by atoms with Crippen LogP contribution in [0.2, 0.25) is 0 Å².